The van der Waals surface area contributed by atoms with Crippen molar-refractivity contribution in [1.29, 1.82) is 0 Å². The number of aryl methyl sites for hydroxylation is 1. The molecule has 0 aliphatic heterocycles. The van der Waals surface area contributed by atoms with Gasteiger partial charge >= 0.3 is 5.97 Å². The highest BCUT2D eigenvalue weighted by Crippen LogP contribution is 2.22. The Bertz CT molecular complexity index is 606. The highest BCUT2D eigenvalue weighted by molar-refractivity contribution is 6.30. The maximum absolute atomic E-state index is 10.9. The highest BCUT2D eigenvalue weighted by Gasteiger charge is 2.08. The van der Waals surface area contributed by atoms with Gasteiger partial charge in [0, 0.05) is 10.6 Å². The molecule has 20 heavy (non-hydrogen) atoms. The topological polar surface area (TPSA) is 46.5 Å². The molecule has 0 amide bonds. The van der Waals surface area contributed by atoms with Crippen LogP contribution in [0.4, 0.5) is 0 Å². The molecule has 0 radical (unpaired) electrons. The monoisotopic (exact) mass is 290 g/mol. The fourth-order valence-corrected chi connectivity index (χ4v) is 2.02. The molecule has 0 saturated carbocycles. The van der Waals surface area contributed by atoms with Crippen LogP contribution in [-0.4, -0.2) is 11.1 Å². The molecule has 0 heterocycles. The van der Waals surface area contributed by atoms with Gasteiger partial charge in [-0.3, -0.25) is 4.79 Å². The van der Waals surface area contributed by atoms with Crippen molar-refractivity contribution < 1.29 is 14.6 Å². The van der Waals surface area contributed by atoms with Gasteiger partial charge in [0.05, 0.1) is 6.42 Å². The Morgan fingerprint density at radius 1 is 1.20 bits per heavy atom. The number of hydrogen-bond donors (Lipinski definition) is 1. The lowest BCUT2D eigenvalue weighted by atomic mass is 10.1. The molecule has 3 nitrogen and oxygen atoms in total. The molecule has 0 bridgehead atoms. The smallest absolute Gasteiger partial charge is 0.307 e. The molecule has 0 aliphatic rings. The quantitative estimate of drug-likeness (QED) is 0.909. The summed E-state index contributed by atoms with van der Waals surface area (Å²) in [6.45, 7) is 2.31. The number of benzene rings is 2. The second-order valence-electron chi connectivity index (χ2n) is 4.60. The summed E-state index contributed by atoms with van der Waals surface area (Å²) in [6, 6.07) is 12.9. The summed E-state index contributed by atoms with van der Waals surface area (Å²) in [7, 11) is 0. The standard InChI is InChI=1S/C16H15ClO3/c1-11-2-7-15(13(8-11)9-16(18)19)20-10-12-3-5-14(17)6-4-12/h2-8H,9-10H2,1H3,(H,18,19). The number of rotatable bonds is 5. The van der Waals surface area contributed by atoms with Crippen molar-refractivity contribution in [1.82, 2.24) is 0 Å². The summed E-state index contributed by atoms with van der Waals surface area (Å²) in [5, 5.41) is 9.60. The first-order chi connectivity index (χ1) is 9.54. The van der Waals surface area contributed by atoms with E-state index >= 15 is 0 Å². The first-order valence-corrected chi connectivity index (χ1v) is 6.61. The molecule has 2 rings (SSSR count). The Morgan fingerprint density at radius 2 is 1.90 bits per heavy atom. The van der Waals surface area contributed by atoms with Gasteiger partial charge in [0.1, 0.15) is 12.4 Å². The predicted molar refractivity (Wildman–Crippen MR) is 78.3 cm³/mol. The summed E-state index contributed by atoms with van der Waals surface area (Å²) in [4.78, 5) is 10.9. The molecule has 0 aromatic heterocycles. The minimum absolute atomic E-state index is 0.0440. The average Bonchev–Trinajstić information content (AvgIpc) is 2.39. The van der Waals surface area contributed by atoms with E-state index in [9.17, 15) is 4.79 Å². The Kier molecular flexibility index (Phi) is 4.64. The molecule has 4 heteroatoms. The lowest BCUT2D eigenvalue weighted by molar-refractivity contribution is -0.136. The van der Waals surface area contributed by atoms with Crippen LogP contribution in [0.25, 0.3) is 0 Å². The van der Waals surface area contributed by atoms with Gasteiger partial charge in [-0.1, -0.05) is 41.4 Å². The van der Waals surface area contributed by atoms with E-state index < -0.39 is 5.97 Å². The number of hydrogen-bond acceptors (Lipinski definition) is 2. The fourth-order valence-electron chi connectivity index (χ4n) is 1.89. The third kappa shape index (κ3) is 4.00. The molecule has 0 unspecified atom stereocenters. The Labute approximate surface area is 122 Å². The molecule has 0 aliphatic carbocycles. The van der Waals surface area contributed by atoms with Crippen LogP contribution in [-0.2, 0) is 17.8 Å². The Balaban J connectivity index is 2.12. The number of carbonyl (C=O) groups is 1. The average molecular weight is 291 g/mol. The zero-order chi connectivity index (χ0) is 14.5. The number of ether oxygens (including phenoxy) is 1. The molecule has 0 spiro atoms. The van der Waals surface area contributed by atoms with Crippen LogP contribution < -0.4 is 4.74 Å². The van der Waals surface area contributed by atoms with E-state index in [1.807, 2.05) is 37.3 Å². The van der Waals surface area contributed by atoms with Crippen molar-refractivity contribution in [3.8, 4) is 5.75 Å². The highest BCUT2D eigenvalue weighted by atomic mass is 35.5. The SMILES string of the molecule is Cc1ccc(OCc2ccc(Cl)cc2)c(CC(=O)O)c1. The first-order valence-electron chi connectivity index (χ1n) is 6.23. The minimum Gasteiger partial charge on any atom is -0.489 e. The van der Waals surface area contributed by atoms with Gasteiger partial charge in [-0.2, -0.15) is 0 Å². The van der Waals surface area contributed by atoms with Crippen molar-refractivity contribution in [2.24, 2.45) is 0 Å². The Hall–Kier alpha value is -2.00. The molecule has 104 valence electrons. The van der Waals surface area contributed by atoms with Crippen LogP contribution in [0.2, 0.25) is 5.02 Å². The molecular weight excluding hydrogens is 276 g/mol. The van der Waals surface area contributed by atoms with Crippen molar-refractivity contribution in [2.45, 2.75) is 20.0 Å². The van der Waals surface area contributed by atoms with Gasteiger partial charge < -0.3 is 9.84 Å². The maximum atomic E-state index is 10.9. The van der Waals surface area contributed by atoms with Gasteiger partial charge in [0.15, 0.2) is 0 Å². The van der Waals surface area contributed by atoms with E-state index in [1.54, 1.807) is 12.1 Å². The minimum atomic E-state index is -0.869. The molecular formula is C16H15ClO3. The molecule has 2 aromatic rings. The summed E-state index contributed by atoms with van der Waals surface area (Å²) < 4.78 is 5.71. The summed E-state index contributed by atoms with van der Waals surface area (Å²) in [6.07, 6.45) is -0.0440. The first kappa shape index (κ1) is 14.4. The third-order valence-electron chi connectivity index (χ3n) is 2.87. The van der Waals surface area contributed by atoms with Gasteiger partial charge in [-0.05, 0) is 30.7 Å². The van der Waals surface area contributed by atoms with Crippen molar-refractivity contribution in [3.63, 3.8) is 0 Å². The zero-order valence-electron chi connectivity index (χ0n) is 11.1. The number of carboxylic acid groups (broad SMARTS) is 1. The van der Waals surface area contributed by atoms with E-state index in [0.29, 0.717) is 22.9 Å². The summed E-state index contributed by atoms with van der Waals surface area (Å²) >= 11 is 5.82. The summed E-state index contributed by atoms with van der Waals surface area (Å²) in [5.41, 5.74) is 2.68. The van der Waals surface area contributed by atoms with Crippen LogP contribution in [0.3, 0.4) is 0 Å². The van der Waals surface area contributed by atoms with E-state index in [2.05, 4.69) is 0 Å². The zero-order valence-corrected chi connectivity index (χ0v) is 11.9. The largest absolute Gasteiger partial charge is 0.489 e. The van der Waals surface area contributed by atoms with Gasteiger partial charge in [-0.25, -0.2) is 0 Å². The molecule has 0 atom stereocenters. The van der Waals surface area contributed by atoms with Crippen LogP contribution in [0, 0.1) is 6.92 Å². The van der Waals surface area contributed by atoms with Gasteiger partial charge in [-0.15, -0.1) is 0 Å². The van der Waals surface area contributed by atoms with Crippen molar-refractivity contribution in [2.75, 3.05) is 0 Å². The van der Waals surface area contributed by atoms with Crippen LogP contribution >= 0.6 is 11.6 Å². The third-order valence-corrected chi connectivity index (χ3v) is 3.12. The lowest BCUT2D eigenvalue weighted by Gasteiger charge is -2.11. The fraction of sp³-hybridized carbons (Fsp3) is 0.188. The number of aliphatic carboxylic acids is 1. The molecule has 1 N–H and O–H groups in total. The number of carboxylic acids is 1. The van der Waals surface area contributed by atoms with Gasteiger partial charge in [0.2, 0.25) is 0 Å². The van der Waals surface area contributed by atoms with Crippen molar-refractivity contribution in [3.05, 3.63) is 64.2 Å². The normalized spacial score (nSPS) is 10.3. The second-order valence-corrected chi connectivity index (χ2v) is 5.03. The molecule has 0 fully saturated rings. The van der Waals surface area contributed by atoms with Gasteiger partial charge in [0.25, 0.3) is 0 Å². The number of halogens is 1. The van der Waals surface area contributed by atoms with E-state index in [4.69, 9.17) is 21.4 Å². The van der Waals surface area contributed by atoms with E-state index in [0.717, 1.165) is 11.1 Å². The van der Waals surface area contributed by atoms with E-state index in [-0.39, 0.29) is 6.42 Å². The molecule has 2 aromatic carbocycles. The van der Waals surface area contributed by atoms with Crippen LogP contribution in [0.15, 0.2) is 42.5 Å². The molecule has 0 saturated heterocycles. The second kappa shape index (κ2) is 6.44. The van der Waals surface area contributed by atoms with Crippen LogP contribution in [0.1, 0.15) is 16.7 Å². The lowest BCUT2D eigenvalue weighted by Crippen LogP contribution is -2.04. The maximum Gasteiger partial charge on any atom is 0.307 e. The van der Waals surface area contributed by atoms with E-state index in [1.165, 1.54) is 0 Å². The summed E-state index contributed by atoms with van der Waals surface area (Å²) in [5.74, 6) is -0.264. The predicted octanol–water partition coefficient (Wildman–Crippen LogP) is 3.85. The van der Waals surface area contributed by atoms with Crippen LogP contribution in [0.5, 0.6) is 5.75 Å². The Morgan fingerprint density at radius 3 is 2.55 bits per heavy atom. The van der Waals surface area contributed by atoms with Crippen molar-refractivity contribution >= 4 is 17.6 Å².